The first-order valence-corrected chi connectivity index (χ1v) is 3.98. The van der Waals surface area contributed by atoms with Gasteiger partial charge in [0.1, 0.15) is 4.64 Å². The summed E-state index contributed by atoms with van der Waals surface area (Å²) in [4.78, 5) is 1.06. The van der Waals surface area contributed by atoms with E-state index in [1.807, 2.05) is 0 Å². The van der Waals surface area contributed by atoms with Crippen molar-refractivity contribution in [3.8, 4) is 0 Å². The molecule has 1 aromatic heterocycles. The molecule has 0 amide bonds. The maximum atomic E-state index is 4.97. The summed E-state index contributed by atoms with van der Waals surface area (Å²) in [7, 11) is 0. The molecule has 1 aromatic rings. The van der Waals surface area contributed by atoms with Crippen molar-refractivity contribution in [2.75, 3.05) is 0 Å². The fourth-order valence-electron chi connectivity index (χ4n) is 0.668. The molecule has 1 nitrogen and oxygen atoms in total. The number of aromatic nitrogens is 1. The first-order chi connectivity index (χ1) is 4.79. The fraction of sp³-hybridized carbons (Fsp3) is 0. The van der Waals surface area contributed by atoms with Crippen LogP contribution in [-0.2, 0) is 0 Å². The van der Waals surface area contributed by atoms with Gasteiger partial charge in [0.05, 0.1) is 4.88 Å². The molecule has 0 aliphatic heterocycles. The molecule has 0 bridgehead atoms. The van der Waals surface area contributed by atoms with Gasteiger partial charge in [0, 0.05) is 5.56 Å². The maximum Gasteiger partial charge on any atom is 0.121 e. The predicted octanol–water partition coefficient (Wildman–Crippen LogP) is 3.09. The van der Waals surface area contributed by atoms with Crippen LogP contribution in [0.3, 0.4) is 0 Å². The summed E-state index contributed by atoms with van der Waals surface area (Å²) in [5.74, 6) is 0. The van der Waals surface area contributed by atoms with E-state index in [0.717, 1.165) is 15.1 Å². The van der Waals surface area contributed by atoms with Gasteiger partial charge in [-0.3, -0.25) is 0 Å². The zero-order valence-electron chi connectivity index (χ0n) is 5.39. The summed E-state index contributed by atoms with van der Waals surface area (Å²) in [5, 5.41) is 0. The van der Waals surface area contributed by atoms with Crippen LogP contribution in [0.2, 0.25) is 0 Å². The molecule has 0 fully saturated rings. The standard InChI is InChI=1S/C7H7NS2/c1-3-5-6(4-2)10-8-7(5)9/h3-4H,1-2H2,(H,8,9). The van der Waals surface area contributed by atoms with Crippen LogP contribution in [0.1, 0.15) is 10.4 Å². The highest BCUT2D eigenvalue weighted by Gasteiger charge is 1.98. The Balaban J connectivity index is 3.39. The number of H-pyrrole nitrogens is 1. The molecule has 0 unspecified atom stereocenters. The number of hydrogen-bond acceptors (Lipinski definition) is 2. The number of rotatable bonds is 2. The van der Waals surface area contributed by atoms with E-state index in [1.165, 1.54) is 11.5 Å². The van der Waals surface area contributed by atoms with Crippen molar-refractivity contribution in [3.05, 3.63) is 28.2 Å². The van der Waals surface area contributed by atoms with E-state index < -0.39 is 0 Å². The van der Waals surface area contributed by atoms with Crippen molar-refractivity contribution in [2.45, 2.75) is 0 Å². The van der Waals surface area contributed by atoms with Crippen LogP contribution < -0.4 is 0 Å². The first kappa shape index (κ1) is 7.44. The average Bonchev–Trinajstić information content (AvgIpc) is 2.30. The van der Waals surface area contributed by atoms with Gasteiger partial charge in [-0.1, -0.05) is 43.0 Å². The number of nitrogens with one attached hydrogen (secondary N) is 1. The van der Waals surface area contributed by atoms with E-state index in [4.69, 9.17) is 12.2 Å². The summed E-state index contributed by atoms with van der Waals surface area (Å²) in [5.41, 5.74) is 0.981. The quantitative estimate of drug-likeness (QED) is 0.673. The lowest BCUT2D eigenvalue weighted by molar-refractivity contribution is 1.51. The Labute approximate surface area is 68.9 Å². The molecule has 0 aliphatic carbocycles. The minimum atomic E-state index is 0.745. The minimum Gasteiger partial charge on any atom is -0.301 e. The highest BCUT2D eigenvalue weighted by Crippen LogP contribution is 2.17. The van der Waals surface area contributed by atoms with E-state index in [0.29, 0.717) is 0 Å². The second-order valence-corrected chi connectivity index (χ2v) is 2.98. The Morgan fingerprint density at radius 2 is 2.10 bits per heavy atom. The van der Waals surface area contributed by atoms with Crippen molar-refractivity contribution >= 4 is 35.9 Å². The lowest BCUT2D eigenvalue weighted by atomic mass is 10.3. The summed E-state index contributed by atoms with van der Waals surface area (Å²) in [6.07, 6.45) is 3.51. The summed E-state index contributed by atoms with van der Waals surface area (Å²) in [6, 6.07) is 0. The van der Waals surface area contributed by atoms with Gasteiger partial charge in [0.25, 0.3) is 0 Å². The second-order valence-electron chi connectivity index (χ2n) is 1.72. The monoisotopic (exact) mass is 169 g/mol. The lowest BCUT2D eigenvalue weighted by Crippen LogP contribution is -1.67. The SMILES string of the molecule is C=Cc1s[nH]c(=S)c1C=C. The highest BCUT2D eigenvalue weighted by molar-refractivity contribution is 7.71. The summed E-state index contributed by atoms with van der Waals surface area (Å²) >= 11 is 6.46. The zero-order chi connectivity index (χ0) is 7.56. The molecule has 0 aliphatic rings. The predicted molar refractivity (Wildman–Crippen MR) is 49.7 cm³/mol. The first-order valence-electron chi connectivity index (χ1n) is 2.76. The molecule has 0 spiro atoms. The van der Waals surface area contributed by atoms with Crippen molar-refractivity contribution in [1.29, 1.82) is 0 Å². The van der Waals surface area contributed by atoms with Crippen LogP contribution in [-0.4, -0.2) is 4.37 Å². The normalized spacial score (nSPS) is 9.20. The van der Waals surface area contributed by atoms with Crippen molar-refractivity contribution < 1.29 is 0 Å². The Kier molecular flexibility index (Phi) is 2.19. The van der Waals surface area contributed by atoms with Gasteiger partial charge in [-0.2, -0.15) is 0 Å². The highest BCUT2D eigenvalue weighted by atomic mass is 32.1. The van der Waals surface area contributed by atoms with E-state index in [9.17, 15) is 0 Å². The van der Waals surface area contributed by atoms with Crippen molar-refractivity contribution in [3.63, 3.8) is 0 Å². The van der Waals surface area contributed by atoms with Gasteiger partial charge in [-0.15, -0.1) is 0 Å². The summed E-state index contributed by atoms with van der Waals surface area (Å²) < 4.78 is 3.70. The van der Waals surface area contributed by atoms with Gasteiger partial charge in [-0.25, -0.2) is 0 Å². The van der Waals surface area contributed by atoms with Crippen LogP contribution >= 0.6 is 23.8 Å². The van der Waals surface area contributed by atoms with Gasteiger partial charge < -0.3 is 4.37 Å². The molecule has 0 radical (unpaired) electrons. The van der Waals surface area contributed by atoms with Gasteiger partial charge in [-0.05, 0) is 6.08 Å². The molecular weight excluding hydrogens is 162 g/mol. The van der Waals surface area contributed by atoms with Crippen LogP contribution in [0.15, 0.2) is 13.2 Å². The molecule has 0 atom stereocenters. The third-order valence-electron chi connectivity index (χ3n) is 1.15. The smallest absolute Gasteiger partial charge is 0.121 e. The zero-order valence-corrected chi connectivity index (χ0v) is 7.02. The summed E-state index contributed by atoms with van der Waals surface area (Å²) in [6.45, 7) is 7.29. The molecule has 1 N–H and O–H groups in total. The number of aromatic amines is 1. The Morgan fingerprint density at radius 1 is 1.40 bits per heavy atom. The second kappa shape index (κ2) is 2.94. The van der Waals surface area contributed by atoms with Crippen LogP contribution in [0.25, 0.3) is 12.2 Å². The third kappa shape index (κ3) is 1.10. The molecule has 1 heterocycles. The molecule has 10 heavy (non-hydrogen) atoms. The molecule has 0 aromatic carbocycles. The average molecular weight is 169 g/mol. The van der Waals surface area contributed by atoms with E-state index in [-0.39, 0.29) is 0 Å². The lowest BCUT2D eigenvalue weighted by Gasteiger charge is -1.83. The van der Waals surface area contributed by atoms with E-state index in [2.05, 4.69) is 17.5 Å². The molecule has 52 valence electrons. The third-order valence-corrected chi connectivity index (χ3v) is 2.52. The minimum absolute atomic E-state index is 0.745. The van der Waals surface area contributed by atoms with E-state index >= 15 is 0 Å². The van der Waals surface area contributed by atoms with E-state index in [1.54, 1.807) is 12.2 Å². The van der Waals surface area contributed by atoms with Crippen LogP contribution in [0, 0.1) is 4.64 Å². The fourth-order valence-corrected chi connectivity index (χ4v) is 1.74. The van der Waals surface area contributed by atoms with Crippen LogP contribution in [0.4, 0.5) is 0 Å². The van der Waals surface area contributed by atoms with Gasteiger partial charge in [0.15, 0.2) is 0 Å². The molecule has 1 rings (SSSR count). The molecular formula is C7H7NS2. The van der Waals surface area contributed by atoms with Crippen molar-refractivity contribution in [1.82, 2.24) is 4.37 Å². The van der Waals surface area contributed by atoms with Crippen LogP contribution in [0.5, 0.6) is 0 Å². The van der Waals surface area contributed by atoms with Gasteiger partial charge >= 0.3 is 0 Å². The maximum absolute atomic E-state index is 4.97. The largest absolute Gasteiger partial charge is 0.301 e. The number of hydrogen-bond donors (Lipinski definition) is 1. The molecule has 3 heteroatoms. The molecule has 0 saturated carbocycles. The Hall–Kier alpha value is -0.670. The van der Waals surface area contributed by atoms with Crippen molar-refractivity contribution in [2.24, 2.45) is 0 Å². The Morgan fingerprint density at radius 3 is 2.50 bits per heavy atom. The Bertz CT molecular complexity index is 306. The topological polar surface area (TPSA) is 15.8 Å². The van der Waals surface area contributed by atoms with Gasteiger partial charge in [0.2, 0.25) is 0 Å². The molecule has 0 saturated heterocycles.